The van der Waals surface area contributed by atoms with Gasteiger partial charge in [-0.05, 0) is 23.3 Å². The van der Waals surface area contributed by atoms with Crippen LogP contribution in [-0.4, -0.2) is 6.04 Å². The standard InChI is InChI=1S/C10H9ClN2/c11-9-2-1-7-6-13-10(5-12)4-8(7)3-9/h1-3,10,13H,4,6H2. The molecular formula is C10H9ClN2. The molecule has 13 heavy (non-hydrogen) atoms. The zero-order chi connectivity index (χ0) is 9.26. The van der Waals surface area contributed by atoms with Crippen LogP contribution < -0.4 is 5.32 Å². The van der Waals surface area contributed by atoms with Crippen molar-refractivity contribution < 1.29 is 0 Å². The molecule has 0 amide bonds. The number of nitriles is 1. The Hall–Kier alpha value is -1.04. The van der Waals surface area contributed by atoms with E-state index in [2.05, 4.69) is 11.4 Å². The highest BCUT2D eigenvalue weighted by Crippen LogP contribution is 2.20. The SMILES string of the molecule is N#CC1Cc2cc(Cl)ccc2CN1. The molecular weight excluding hydrogens is 184 g/mol. The smallest absolute Gasteiger partial charge is 0.0996 e. The average Bonchev–Trinajstić information content (AvgIpc) is 2.16. The molecule has 0 fully saturated rings. The molecule has 2 rings (SSSR count). The van der Waals surface area contributed by atoms with Crippen LogP contribution >= 0.6 is 11.6 Å². The fourth-order valence-electron chi connectivity index (χ4n) is 1.57. The summed E-state index contributed by atoms with van der Waals surface area (Å²) in [4.78, 5) is 0. The van der Waals surface area contributed by atoms with Gasteiger partial charge >= 0.3 is 0 Å². The van der Waals surface area contributed by atoms with Crippen molar-refractivity contribution in [2.45, 2.75) is 19.0 Å². The van der Waals surface area contributed by atoms with Crippen LogP contribution in [0.4, 0.5) is 0 Å². The maximum atomic E-state index is 8.74. The van der Waals surface area contributed by atoms with Gasteiger partial charge in [-0.3, -0.25) is 5.32 Å². The summed E-state index contributed by atoms with van der Waals surface area (Å²) in [6.45, 7) is 0.769. The van der Waals surface area contributed by atoms with E-state index in [1.54, 1.807) is 0 Å². The fourth-order valence-corrected chi connectivity index (χ4v) is 1.77. The normalized spacial score (nSPS) is 20.5. The van der Waals surface area contributed by atoms with Crippen molar-refractivity contribution in [1.82, 2.24) is 5.32 Å². The van der Waals surface area contributed by atoms with Crippen molar-refractivity contribution >= 4 is 11.6 Å². The number of fused-ring (bicyclic) bond motifs is 1. The summed E-state index contributed by atoms with van der Waals surface area (Å²) in [5.74, 6) is 0. The maximum absolute atomic E-state index is 8.74. The van der Waals surface area contributed by atoms with Gasteiger partial charge in [0.2, 0.25) is 0 Å². The van der Waals surface area contributed by atoms with Crippen LogP contribution in [0.15, 0.2) is 18.2 Å². The minimum atomic E-state index is -0.0639. The third-order valence-electron chi connectivity index (χ3n) is 2.29. The van der Waals surface area contributed by atoms with Crippen molar-refractivity contribution in [2.24, 2.45) is 0 Å². The van der Waals surface area contributed by atoms with E-state index >= 15 is 0 Å². The molecule has 1 N–H and O–H groups in total. The number of rotatable bonds is 0. The molecule has 0 aliphatic carbocycles. The minimum Gasteiger partial charge on any atom is -0.298 e. The molecule has 0 bridgehead atoms. The predicted octanol–water partition coefficient (Wildman–Crippen LogP) is 1.88. The lowest BCUT2D eigenvalue weighted by molar-refractivity contribution is 0.562. The second-order valence-electron chi connectivity index (χ2n) is 3.18. The molecule has 1 aliphatic heterocycles. The summed E-state index contributed by atoms with van der Waals surface area (Å²) >= 11 is 5.86. The van der Waals surface area contributed by atoms with Crippen LogP contribution in [-0.2, 0) is 13.0 Å². The molecule has 1 heterocycles. The van der Waals surface area contributed by atoms with Crippen molar-refractivity contribution in [3.05, 3.63) is 34.3 Å². The molecule has 3 heteroatoms. The Morgan fingerprint density at radius 3 is 3.08 bits per heavy atom. The summed E-state index contributed by atoms with van der Waals surface area (Å²) in [7, 11) is 0. The lowest BCUT2D eigenvalue weighted by atomic mass is 9.97. The van der Waals surface area contributed by atoms with Gasteiger partial charge in [-0.25, -0.2) is 0 Å². The number of benzene rings is 1. The summed E-state index contributed by atoms with van der Waals surface area (Å²) in [6, 6.07) is 7.99. The van der Waals surface area contributed by atoms with Crippen LogP contribution in [0, 0.1) is 11.3 Å². The van der Waals surface area contributed by atoms with Gasteiger partial charge < -0.3 is 0 Å². The molecule has 1 aliphatic rings. The molecule has 0 saturated carbocycles. The molecule has 1 unspecified atom stereocenters. The van der Waals surface area contributed by atoms with Gasteiger partial charge in [0.05, 0.1) is 12.1 Å². The average molecular weight is 193 g/mol. The van der Waals surface area contributed by atoms with E-state index in [1.807, 2.05) is 18.2 Å². The highest BCUT2D eigenvalue weighted by molar-refractivity contribution is 6.30. The Labute approximate surface area is 82.1 Å². The van der Waals surface area contributed by atoms with Crippen molar-refractivity contribution in [3.8, 4) is 6.07 Å². The number of hydrogen-bond acceptors (Lipinski definition) is 2. The first-order valence-electron chi connectivity index (χ1n) is 4.20. The van der Waals surface area contributed by atoms with Gasteiger partial charge in [0, 0.05) is 18.0 Å². The van der Waals surface area contributed by atoms with Crippen LogP contribution in [0.1, 0.15) is 11.1 Å². The highest BCUT2D eigenvalue weighted by Gasteiger charge is 2.16. The monoisotopic (exact) mass is 192 g/mol. The van der Waals surface area contributed by atoms with E-state index in [4.69, 9.17) is 16.9 Å². The Morgan fingerprint density at radius 2 is 2.31 bits per heavy atom. The van der Waals surface area contributed by atoms with Crippen LogP contribution in [0.25, 0.3) is 0 Å². The van der Waals surface area contributed by atoms with Gasteiger partial charge in [-0.2, -0.15) is 5.26 Å². The summed E-state index contributed by atoms with van der Waals surface area (Å²) in [6.07, 6.45) is 0.756. The quantitative estimate of drug-likeness (QED) is 0.682. The molecule has 1 aromatic rings. The summed E-state index contributed by atoms with van der Waals surface area (Å²) < 4.78 is 0. The zero-order valence-corrected chi connectivity index (χ0v) is 7.80. The van der Waals surface area contributed by atoms with E-state index in [1.165, 1.54) is 11.1 Å². The summed E-state index contributed by atoms with van der Waals surface area (Å²) in [5, 5.41) is 12.6. The van der Waals surface area contributed by atoms with Crippen LogP contribution in [0.2, 0.25) is 5.02 Å². The molecule has 2 nitrogen and oxygen atoms in total. The zero-order valence-electron chi connectivity index (χ0n) is 7.05. The van der Waals surface area contributed by atoms with Crippen LogP contribution in [0.5, 0.6) is 0 Å². The van der Waals surface area contributed by atoms with Crippen molar-refractivity contribution in [2.75, 3.05) is 0 Å². The first kappa shape index (κ1) is 8.55. The van der Waals surface area contributed by atoms with Crippen molar-refractivity contribution in [1.29, 1.82) is 5.26 Å². The van der Waals surface area contributed by atoms with E-state index in [-0.39, 0.29) is 6.04 Å². The lowest BCUT2D eigenvalue weighted by Gasteiger charge is -2.21. The molecule has 0 spiro atoms. The minimum absolute atomic E-state index is 0.0639. The Kier molecular flexibility index (Phi) is 2.22. The largest absolute Gasteiger partial charge is 0.298 e. The number of nitrogens with zero attached hydrogens (tertiary/aromatic N) is 1. The van der Waals surface area contributed by atoms with Gasteiger partial charge in [-0.15, -0.1) is 0 Å². The van der Waals surface area contributed by atoms with Gasteiger partial charge in [-0.1, -0.05) is 17.7 Å². The fraction of sp³-hybridized carbons (Fsp3) is 0.300. The third kappa shape index (κ3) is 1.67. The molecule has 1 aromatic carbocycles. The van der Waals surface area contributed by atoms with Gasteiger partial charge in [0.15, 0.2) is 0 Å². The molecule has 0 aromatic heterocycles. The highest BCUT2D eigenvalue weighted by atomic mass is 35.5. The van der Waals surface area contributed by atoms with E-state index in [0.717, 1.165) is 18.0 Å². The van der Waals surface area contributed by atoms with E-state index in [0.29, 0.717) is 0 Å². The first-order chi connectivity index (χ1) is 6.29. The second-order valence-corrected chi connectivity index (χ2v) is 3.62. The van der Waals surface area contributed by atoms with E-state index < -0.39 is 0 Å². The Morgan fingerprint density at radius 1 is 1.46 bits per heavy atom. The molecule has 66 valence electrons. The Bertz CT molecular complexity index is 368. The molecule has 1 atom stereocenters. The van der Waals surface area contributed by atoms with E-state index in [9.17, 15) is 0 Å². The third-order valence-corrected chi connectivity index (χ3v) is 2.52. The maximum Gasteiger partial charge on any atom is 0.0996 e. The van der Waals surface area contributed by atoms with Crippen LogP contribution in [0.3, 0.4) is 0 Å². The topological polar surface area (TPSA) is 35.8 Å². The first-order valence-corrected chi connectivity index (χ1v) is 4.57. The number of halogens is 1. The van der Waals surface area contributed by atoms with Gasteiger partial charge in [0.25, 0.3) is 0 Å². The predicted molar refractivity (Wildman–Crippen MR) is 51.4 cm³/mol. The lowest BCUT2D eigenvalue weighted by Crippen LogP contribution is -2.34. The summed E-state index contributed by atoms with van der Waals surface area (Å²) in [5.41, 5.74) is 2.44. The Balaban J connectivity index is 2.34. The number of nitrogens with one attached hydrogen (secondary N) is 1. The second kappa shape index (κ2) is 3.37. The number of hydrogen-bond donors (Lipinski definition) is 1. The molecule has 0 radical (unpaired) electrons. The van der Waals surface area contributed by atoms with Gasteiger partial charge in [0.1, 0.15) is 0 Å². The van der Waals surface area contributed by atoms with Crippen molar-refractivity contribution in [3.63, 3.8) is 0 Å². The molecule has 0 saturated heterocycles.